The van der Waals surface area contributed by atoms with E-state index in [9.17, 15) is 4.79 Å². The zero-order valence-electron chi connectivity index (χ0n) is 9.14. The largest absolute Gasteiger partial charge is 0.375 e. The minimum Gasteiger partial charge on any atom is -0.375 e. The van der Waals surface area contributed by atoms with E-state index in [1.807, 2.05) is 24.3 Å². The second-order valence-corrected chi connectivity index (χ2v) is 5.76. The number of thiazole rings is 1. The van der Waals surface area contributed by atoms with Crippen LogP contribution in [0.4, 0.5) is 10.8 Å². The molecule has 1 aromatic carbocycles. The zero-order valence-corrected chi connectivity index (χ0v) is 10.8. The van der Waals surface area contributed by atoms with Crippen molar-refractivity contribution in [3.63, 3.8) is 0 Å². The monoisotopic (exact) mass is 265 g/mol. The van der Waals surface area contributed by atoms with Crippen molar-refractivity contribution in [1.82, 2.24) is 4.98 Å². The standard InChI is InChI=1S/C11H11N3OS2/c1-7(15)14-8-2-4-9(5-3-8)16-10-6-13-11(12)17-10/h2-6H,1H3,(H2,12,13)(H,14,15). The average molecular weight is 265 g/mol. The molecule has 2 rings (SSSR count). The quantitative estimate of drug-likeness (QED) is 0.895. The van der Waals surface area contributed by atoms with Crippen molar-refractivity contribution < 1.29 is 4.79 Å². The van der Waals surface area contributed by atoms with E-state index in [1.165, 1.54) is 18.3 Å². The molecule has 1 aromatic heterocycles. The van der Waals surface area contributed by atoms with E-state index in [4.69, 9.17) is 5.73 Å². The number of carbonyl (C=O) groups excluding carboxylic acids is 1. The average Bonchev–Trinajstić information content (AvgIpc) is 2.66. The molecule has 0 aliphatic heterocycles. The molecule has 0 unspecified atom stereocenters. The molecule has 0 bridgehead atoms. The molecule has 0 saturated heterocycles. The van der Waals surface area contributed by atoms with Crippen molar-refractivity contribution in [2.75, 3.05) is 11.1 Å². The first-order valence-corrected chi connectivity index (χ1v) is 6.53. The second-order valence-electron chi connectivity index (χ2n) is 3.33. The molecule has 0 aliphatic rings. The molecule has 0 aliphatic carbocycles. The highest BCUT2D eigenvalue weighted by Gasteiger charge is 2.02. The number of nitrogens with zero attached hydrogens (tertiary/aromatic N) is 1. The third-order valence-electron chi connectivity index (χ3n) is 1.90. The first-order valence-electron chi connectivity index (χ1n) is 4.90. The van der Waals surface area contributed by atoms with Gasteiger partial charge < -0.3 is 11.1 Å². The summed E-state index contributed by atoms with van der Waals surface area (Å²) in [5, 5.41) is 3.29. The van der Waals surface area contributed by atoms with E-state index in [1.54, 1.807) is 18.0 Å². The molecular weight excluding hydrogens is 254 g/mol. The Labute approximate surface area is 107 Å². The Kier molecular flexibility index (Phi) is 3.65. The summed E-state index contributed by atoms with van der Waals surface area (Å²) in [6, 6.07) is 7.64. The van der Waals surface area contributed by atoms with Crippen LogP contribution < -0.4 is 11.1 Å². The number of nitrogens with two attached hydrogens (primary N) is 1. The molecule has 6 heteroatoms. The summed E-state index contributed by atoms with van der Waals surface area (Å²) in [7, 11) is 0. The molecule has 0 atom stereocenters. The number of hydrogen-bond acceptors (Lipinski definition) is 5. The van der Waals surface area contributed by atoms with Crippen LogP contribution in [0.1, 0.15) is 6.92 Å². The van der Waals surface area contributed by atoms with Crippen molar-refractivity contribution >= 4 is 39.8 Å². The fraction of sp³-hybridized carbons (Fsp3) is 0.0909. The number of aromatic nitrogens is 1. The van der Waals surface area contributed by atoms with Crippen LogP contribution in [0.25, 0.3) is 0 Å². The minimum absolute atomic E-state index is 0.0689. The molecule has 1 heterocycles. The van der Waals surface area contributed by atoms with E-state index in [0.717, 1.165) is 14.8 Å². The van der Waals surface area contributed by atoms with Crippen LogP contribution in [0.2, 0.25) is 0 Å². The molecule has 3 N–H and O–H groups in total. The highest BCUT2D eigenvalue weighted by Crippen LogP contribution is 2.33. The van der Waals surface area contributed by atoms with Crippen LogP contribution in [-0.4, -0.2) is 10.9 Å². The highest BCUT2D eigenvalue weighted by molar-refractivity contribution is 8.01. The van der Waals surface area contributed by atoms with Gasteiger partial charge in [0.25, 0.3) is 0 Å². The number of amides is 1. The Morgan fingerprint density at radius 2 is 2.12 bits per heavy atom. The molecule has 88 valence electrons. The number of anilines is 2. The van der Waals surface area contributed by atoms with Crippen LogP contribution in [0.5, 0.6) is 0 Å². The van der Waals surface area contributed by atoms with Gasteiger partial charge >= 0.3 is 0 Å². The van der Waals surface area contributed by atoms with Gasteiger partial charge in [0, 0.05) is 17.5 Å². The topological polar surface area (TPSA) is 68.0 Å². The SMILES string of the molecule is CC(=O)Nc1ccc(Sc2cnc(N)s2)cc1. The van der Waals surface area contributed by atoms with Crippen LogP contribution in [-0.2, 0) is 4.79 Å². The van der Waals surface area contributed by atoms with E-state index < -0.39 is 0 Å². The maximum absolute atomic E-state index is 10.9. The maximum atomic E-state index is 10.9. The fourth-order valence-corrected chi connectivity index (χ4v) is 2.98. The van der Waals surface area contributed by atoms with Gasteiger partial charge in [0.15, 0.2) is 5.13 Å². The molecule has 1 amide bonds. The third-order valence-corrected chi connectivity index (χ3v) is 3.83. The summed E-state index contributed by atoms with van der Waals surface area (Å²) in [5.74, 6) is -0.0689. The Morgan fingerprint density at radius 1 is 1.41 bits per heavy atom. The van der Waals surface area contributed by atoms with Gasteiger partial charge in [-0.15, -0.1) is 0 Å². The number of rotatable bonds is 3. The summed E-state index contributed by atoms with van der Waals surface area (Å²) in [6.45, 7) is 1.49. The van der Waals surface area contributed by atoms with E-state index >= 15 is 0 Å². The van der Waals surface area contributed by atoms with Gasteiger partial charge in [-0.05, 0) is 24.3 Å². The first-order chi connectivity index (χ1) is 8.13. The molecule has 0 spiro atoms. The number of nitrogens with one attached hydrogen (secondary N) is 1. The maximum Gasteiger partial charge on any atom is 0.221 e. The van der Waals surface area contributed by atoms with Crippen LogP contribution in [0, 0.1) is 0 Å². The van der Waals surface area contributed by atoms with Crippen molar-refractivity contribution in [2.45, 2.75) is 16.0 Å². The molecule has 0 radical (unpaired) electrons. The summed E-state index contributed by atoms with van der Waals surface area (Å²) < 4.78 is 1.05. The number of carbonyl (C=O) groups is 1. The van der Waals surface area contributed by atoms with Gasteiger partial charge in [-0.3, -0.25) is 4.79 Å². The van der Waals surface area contributed by atoms with Gasteiger partial charge in [-0.2, -0.15) is 0 Å². The van der Waals surface area contributed by atoms with Gasteiger partial charge in [-0.25, -0.2) is 4.98 Å². The smallest absolute Gasteiger partial charge is 0.221 e. The molecule has 0 fully saturated rings. The number of nitrogen functional groups attached to an aromatic ring is 1. The van der Waals surface area contributed by atoms with Crippen molar-refractivity contribution in [3.05, 3.63) is 30.5 Å². The molecule has 4 nitrogen and oxygen atoms in total. The minimum atomic E-state index is -0.0689. The zero-order chi connectivity index (χ0) is 12.3. The van der Waals surface area contributed by atoms with Gasteiger partial charge in [-0.1, -0.05) is 23.1 Å². The predicted molar refractivity (Wildman–Crippen MR) is 71.4 cm³/mol. The van der Waals surface area contributed by atoms with Crippen LogP contribution >= 0.6 is 23.1 Å². The predicted octanol–water partition coefficient (Wildman–Crippen LogP) is 2.83. The summed E-state index contributed by atoms with van der Waals surface area (Å²) in [5.41, 5.74) is 6.35. The lowest BCUT2D eigenvalue weighted by molar-refractivity contribution is -0.114. The fourth-order valence-electron chi connectivity index (χ4n) is 1.25. The van der Waals surface area contributed by atoms with Crippen LogP contribution in [0.15, 0.2) is 39.6 Å². The lowest BCUT2D eigenvalue weighted by atomic mass is 10.3. The summed E-state index contributed by atoms with van der Waals surface area (Å²) >= 11 is 3.06. The van der Waals surface area contributed by atoms with Gasteiger partial charge in [0.1, 0.15) is 0 Å². The number of hydrogen-bond donors (Lipinski definition) is 2. The van der Waals surface area contributed by atoms with E-state index in [0.29, 0.717) is 5.13 Å². The lowest BCUT2D eigenvalue weighted by Gasteiger charge is -2.02. The Morgan fingerprint density at radius 3 is 2.65 bits per heavy atom. The lowest BCUT2D eigenvalue weighted by Crippen LogP contribution is -2.05. The normalized spacial score (nSPS) is 10.2. The Bertz CT molecular complexity index is 522. The van der Waals surface area contributed by atoms with Gasteiger partial charge in [0.2, 0.25) is 5.91 Å². The summed E-state index contributed by atoms with van der Waals surface area (Å²) in [4.78, 5) is 15.9. The Hall–Kier alpha value is -1.53. The van der Waals surface area contributed by atoms with Crippen molar-refractivity contribution in [1.29, 1.82) is 0 Å². The molecule has 2 aromatic rings. The second kappa shape index (κ2) is 5.20. The van der Waals surface area contributed by atoms with E-state index in [2.05, 4.69) is 10.3 Å². The van der Waals surface area contributed by atoms with E-state index in [-0.39, 0.29) is 5.91 Å². The molecule has 0 saturated carbocycles. The Balaban J connectivity index is 2.05. The van der Waals surface area contributed by atoms with Crippen LogP contribution in [0.3, 0.4) is 0 Å². The van der Waals surface area contributed by atoms with Crippen molar-refractivity contribution in [3.8, 4) is 0 Å². The highest BCUT2D eigenvalue weighted by atomic mass is 32.2. The van der Waals surface area contributed by atoms with Gasteiger partial charge in [0.05, 0.1) is 10.4 Å². The van der Waals surface area contributed by atoms with Crippen molar-refractivity contribution in [2.24, 2.45) is 0 Å². The third kappa shape index (κ3) is 3.47. The number of benzene rings is 1. The summed E-state index contributed by atoms with van der Waals surface area (Å²) in [6.07, 6.45) is 1.76. The molecular formula is C11H11N3OS2. The first kappa shape index (κ1) is 11.9. The molecule has 17 heavy (non-hydrogen) atoms.